The number of para-hydroxylation sites is 1. The van der Waals surface area contributed by atoms with Crippen molar-refractivity contribution in [2.45, 2.75) is 47.1 Å². The number of aliphatic hydroxyl groups excluding tert-OH is 1. The molecule has 3 N–H and O–H groups in total. The molecule has 3 aromatic rings. The highest BCUT2D eigenvalue weighted by atomic mass is 32.2. The molecule has 0 atom stereocenters. The number of nitrogens with zero attached hydrogens (tertiary/aromatic N) is 3. The molecule has 0 aliphatic carbocycles. The van der Waals surface area contributed by atoms with Gasteiger partial charge in [0.1, 0.15) is 23.1 Å². The van der Waals surface area contributed by atoms with Crippen LogP contribution in [0.2, 0.25) is 0 Å². The number of thioether (sulfide) groups is 1. The minimum Gasteiger partial charge on any atom is -0.456 e. The van der Waals surface area contributed by atoms with Gasteiger partial charge in [0.25, 0.3) is 0 Å². The number of carbonyl (C=O) groups excluding carboxylic acids is 2. The molecule has 0 aliphatic rings. The molecule has 0 spiro atoms. The molecule has 0 unspecified atom stereocenters. The van der Waals surface area contributed by atoms with Gasteiger partial charge >= 0.3 is 0 Å². The number of anilines is 1. The van der Waals surface area contributed by atoms with E-state index in [1.807, 2.05) is 50.2 Å². The summed E-state index contributed by atoms with van der Waals surface area (Å²) < 4.78 is 6.14. The maximum absolute atomic E-state index is 13.6. The summed E-state index contributed by atoms with van der Waals surface area (Å²) in [5.74, 6) is 1.93. The van der Waals surface area contributed by atoms with Crippen LogP contribution in [-0.4, -0.2) is 38.1 Å². The Morgan fingerprint density at radius 3 is 2.59 bits per heavy atom. The summed E-state index contributed by atoms with van der Waals surface area (Å²) in [4.78, 5) is 35.9. The average Bonchev–Trinajstić information content (AvgIpc) is 2.89. The number of aromatic nitrogens is 2. The summed E-state index contributed by atoms with van der Waals surface area (Å²) in [6, 6.07) is 13.2. The first kappa shape index (κ1) is 27.9. The Morgan fingerprint density at radius 1 is 1.19 bits per heavy atom. The third-order valence-electron chi connectivity index (χ3n) is 5.86. The molecule has 0 saturated heterocycles. The molecule has 3 rings (SSSR count). The number of ether oxygens (including phenoxy) is 1. The van der Waals surface area contributed by atoms with Gasteiger partial charge in [0.2, 0.25) is 11.5 Å². The van der Waals surface area contributed by atoms with Crippen molar-refractivity contribution >= 4 is 29.1 Å². The molecule has 0 fully saturated rings. The quantitative estimate of drug-likeness (QED) is 0.332. The van der Waals surface area contributed by atoms with E-state index >= 15 is 0 Å². The van der Waals surface area contributed by atoms with E-state index in [-0.39, 0.29) is 30.5 Å². The van der Waals surface area contributed by atoms with Gasteiger partial charge in [-0.2, -0.15) is 0 Å². The van der Waals surface area contributed by atoms with E-state index < -0.39 is 0 Å². The monoisotopic (exact) mass is 520 g/mol. The third-order valence-corrected chi connectivity index (χ3v) is 7.01. The van der Waals surface area contributed by atoms with Gasteiger partial charge in [-0.1, -0.05) is 31.2 Å². The fourth-order valence-electron chi connectivity index (χ4n) is 3.62. The third kappa shape index (κ3) is 7.18. The van der Waals surface area contributed by atoms with Crippen LogP contribution in [0.15, 0.2) is 59.3 Å². The van der Waals surface area contributed by atoms with E-state index in [1.165, 1.54) is 4.90 Å². The molecule has 1 aromatic heterocycles. The number of hydrogen-bond acceptors (Lipinski definition) is 8. The summed E-state index contributed by atoms with van der Waals surface area (Å²) in [5, 5.41) is 9.47. The van der Waals surface area contributed by atoms with Crippen molar-refractivity contribution in [3.8, 4) is 11.5 Å². The number of aliphatic hydroxyl groups is 1. The van der Waals surface area contributed by atoms with Crippen LogP contribution in [0.1, 0.15) is 53.1 Å². The van der Waals surface area contributed by atoms with E-state index in [0.29, 0.717) is 45.5 Å². The first-order chi connectivity index (χ1) is 17.8. The fourth-order valence-corrected chi connectivity index (χ4v) is 4.57. The van der Waals surface area contributed by atoms with E-state index in [4.69, 9.17) is 10.5 Å². The predicted molar refractivity (Wildman–Crippen MR) is 146 cm³/mol. The largest absolute Gasteiger partial charge is 0.456 e. The zero-order valence-electron chi connectivity index (χ0n) is 21.5. The van der Waals surface area contributed by atoms with Gasteiger partial charge < -0.3 is 20.5 Å². The molecule has 1 heterocycles. The summed E-state index contributed by atoms with van der Waals surface area (Å²) >= 11 is 0.977. The Kier molecular flexibility index (Phi) is 9.82. The zero-order chi connectivity index (χ0) is 26.9. The number of nitrogen functional groups attached to an aromatic ring is 1. The first-order valence-electron chi connectivity index (χ1n) is 12.0. The molecule has 9 heteroatoms. The number of allylic oxidation sites excluding steroid dienone is 1. The van der Waals surface area contributed by atoms with Crippen LogP contribution in [0.4, 0.5) is 5.82 Å². The molecule has 37 heavy (non-hydrogen) atoms. The van der Waals surface area contributed by atoms with Gasteiger partial charge in [0, 0.05) is 35.4 Å². The van der Waals surface area contributed by atoms with Crippen LogP contribution in [0, 0.1) is 13.8 Å². The van der Waals surface area contributed by atoms with E-state index in [9.17, 15) is 14.7 Å². The Hall–Kier alpha value is -3.69. The summed E-state index contributed by atoms with van der Waals surface area (Å²) in [5.41, 5.74) is 9.50. The van der Waals surface area contributed by atoms with Gasteiger partial charge in [-0.25, -0.2) is 9.97 Å². The van der Waals surface area contributed by atoms with Gasteiger partial charge in [-0.15, -0.1) is 0 Å². The summed E-state index contributed by atoms with van der Waals surface area (Å²) in [6.07, 6.45) is 3.21. The number of carbonyl (C=O) groups is 2. The number of amides is 1. The van der Waals surface area contributed by atoms with Crippen molar-refractivity contribution in [3.63, 3.8) is 0 Å². The Labute approximate surface area is 221 Å². The molecule has 1 amide bonds. The Bertz CT molecular complexity index is 1310. The maximum atomic E-state index is 13.6. The molecule has 0 radical (unpaired) electrons. The van der Waals surface area contributed by atoms with Crippen molar-refractivity contribution in [3.05, 3.63) is 87.3 Å². The molecule has 0 bridgehead atoms. The van der Waals surface area contributed by atoms with Crippen molar-refractivity contribution in [2.24, 2.45) is 0 Å². The van der Waals surface area contributed by atoms with E-state index in [0.717, 1.165) is 29.3 Å². The maximum Gasteiger partial charge on any atom is 0.227 e. The highest BCUT2D eigenvalue weighted by Gasteiger charge is 2.21. The molecular weight excluding hydrogens is 488 g/mol. The first-order valence-corrected chi connectivity index (χ1v) is 12.8. The van der Waals surface area contributed by atoms with Gasteiger partial charge in [-0.3, -0.25) is 9.59 Å². The lowest BCUT2D eigenvalue weighted by Gasteiger charge is -2.22. The van der Waals surface area contributed by atoms with Gasteiger partial charge in [0.15, 0.2) is 0 Å². The number of benzene rings is 2. The minimum absolute atomic E-state index is 0.137. The van der Waals surface area contributed by atoms with Crippen molar-refractivity contribution < 1.29 is 19.4 Å². The van der Waals surface area contributed by atoms with Gasteiger partial charge in [-0.05, 0) is 68.3 Å². The van der Waals surface area contributed by atoms with Gasteiger partial charge in [0.05, 0.1) is 12.1 Å². The highest BCUT2D eigenvalue weighted by molar-refractivity contribution is 8.17. The topological polar surface area (TPSA) is 119 Å². The van der Waals surface area contributed by atoms with Crippen LogP contribution >= 0.6 is 11.8 Å². The zero-order valence-corrected chi connectivity index (χ0v) is 22.3. The van der Waals surface area contributed by atoms with Crippen molar-refractivity contribution in [1.29, 1.82) is 0 Å². The van der Waals surface area contributed by atoms with E-state index in [2.05, 4.69) is 9.97 Å². The Balaban J connectivity index is 1.93. The smallest absolute Gasteiger partial charge is 0.227 e. The minimum atomic E-state index is -0.245. The highest BCUT2D eigenvalue weighted by Crippen LogP contribution is 2.35. The SMILES string of the molecule is CCc1ccc(Oc2ccccc2C)c(C(=O)S/C(CCO)=C(/C)N(C=O)Cc2cnc(C)nc2N)c1. The second-order valence-electron chi connectivity index (χ2n) is 8.48. The normalized spacial score (nSPS) is 11.6. The lowest BCUT2D eigenvalue weighted by Crippen LogP contribution is -2.22. The predicted octanol–water partition coefficient (Wildman–Crippen LogP) is 5.18. The molecule has 8 nitrogen and oxygen atoms in total. The molecule has 2 aromatic carbocycles. The van der Waals surface area contributed by atoms with Crippen LogP contribution in [0.5, 0.6) is 11.5 Å². The van der Waals surface area contributed by atoms with E-state index in [1.54, 1.807) is 26.1 Å². The van der Waals surface area contributed by atoms with Crippen LogP contribution in [0.3, 0.4) is 0 Å². The van der Waals surface area contributed by atoms with Crippen molar-refractivity contribution in [2.75, 3.05) is 12.3 Å². The van der Waals surface area contributed by atoms with Crippen LogP contribution in [0.25, 0.3) is 0 Å². The van der Waals surface area contributed by atoms with Crippen LogP contribution in [-0.2, 0) is 17.8 Å². The van der Waals surface area contributed by atoms with Crippen molar-refractivity contribution in [1.82, 2.24) is 14.9 Å². The fraction of sp³-hybridized carbons (Fsp3) is 0.286. The lowest BCUT2D eigenvalue weighted by atomic mass is 10.1. The summed E-state index contributed by atoms with van der Waals surface area (Å²) in [7, 11) is 0. The average molecular weight is 521 g/mol. The lowest BCUT2D eigenvalue weighted by molar-refractivity contribution is -0.116. The Morgan fingerprint density at radius 2 is 1.95 bits per heavy atom. The number of rotatable bonds is 11. The molecule has 0 saturated carbocycles. The second-order valence-corrected chi connectivity index (χ2v) is 9.55. The standard InChI is InChI=1S/C28H32N4O4S/c1-5-21-10-11-25(36-24-9-7-6-8-18(24)2)23(14-21)28(35)37-26(12-13-33)19(3)32(17-34)16-22-15-30-20(4)31-27(22)29/h6-11,14-15,17,33H,5,12-13,16H2,1-4H3,(H2,29,30,31)/b26-19-. The summed E-state index contributed by atoms with van der Waals surface area (Å²) in [6.45, 7) is 7.38. The number of hydrogen-bond donors (Lipinski definition) is 2. The molecule has 194 valence electrons. The number of nitrogens with two attached hydrogens (primary N) is 1. The number of aryl methyl sites for hydroxylation is 3. The second kappa shape index (κ2) is 13.0. The molecular formula is C28H32N4O4S. The molecule has 0 aliphatic heterocycles. The van der Waals surface area contributed by atoms with Crippen LogP contribution < -0.4 is 10.5 Å².